The number of aromatic nitrogens is 4. The number of amides is 1. The van der Waals surface area contributed by atoms with E-state index in [0.29, 0.717) is 17.4 Å². The molecular weight excluding hydrogens is 443 g/mol. The molecule has 0 saturated heterocycles. The van der Waals surface area contributed by atoms with Crippen molar-refractivity contribution in [1.82, 2.24) is 24.5 Å². The molecule has 0 radical (unpaired) electrons. The normalized spacial score (nSPS) is 15.4. The fourth-order valence-corrected chi connectivity index (χ4v) is 4.88. The number of alkyl halides is 3. The van der Waals surface area contributed by atoms with Crippen molar-refractivity contribution >= 4 is 23.2 Å². The second-order valence-corrected chi connectivity index (χ2v) is 8.77. The third kappa shape index (κ3) is 4.35. The van der Waals surface area contributed by atoms with Crippen LogP contribution in [-0.2, 0) is 12.6 Å². The summed E-state index contributed by atoms with van der Waals surface area (Å²) >= 11 is 5.87. The fraction of sp³-hybridized carbons (Fsp3) is 0.500. The molecule has 3 aromatic heterocycles. The first-order valence-corrected chi connectivity index (χ1v) is 11.1. The molecule has 1 aliphatic rings. The molecule has 4 rings (SSSR count). The van der Waals surface area contributed by atoms with Gasteiger partial charge in [0.15, 0.2) is 5.65 Å². The molecule has 3 aromatic rings. The predicted octanol–water partition coefficient (Wildman–Crippen LogP) is 5.30. The largest absolute Gasteiger partial charge is 0.420 e. The summed E-state index contributed by atoms with van der Waals surface area (Å²) in [4.78, 5) is 12.8. The van der Waals surface area contributed by atoms with E-state index in [-0.39, 0.29) is 29.5 Å². The zero-order valence-electron chi connectivity index (χ0n) is 18.0. The molecule has 172 valence electrons. The quantitative estimate of drug-likeness (QED) is 0.554. The maximum absolute atomic E-state index is 13.3. The Morgan fingerprint density at radius 2 is 1.91 bits per heavy atom. The van der Waals surface area contributed by atoms with Crippen LogP contribution in [0.3, 0.4) is 0 Å². The van der Waals surface area contributed by atoms with Crippen LogP contribution >= 0.6 is 11.6 Å². The Balaban J connectivity index is 1.47. The highest BCUT2D eigenvalue weighted by molar-refractivity contribution is 6.30. The number of hydrogen-bond acceptors (Lipinski definition) is 3. The van der Waals surface area contributed by atoms with E-state index in [1.165, 1.54) is 29.9 Å². The van der Waals surface area contributed by atoms with Gasteiger partial charge in [-0.2, -0.15) is 13.2 Å². The van der Waals surface area contributed by atoms with E-state index in [0.717, 1.165) is 30.3 Å². The molecule has 6 nitrogen and oxygen atoms in total. The molecule has 1 amide bonds. The van der Waals surface area contributed by atoms with E-state index < -0.39 is 11.7 Å². The van der Waals surface area contributed by atoms with Crippen molar-refractivity contribution in [3.63, 3.8) is 0 Å². The predicted molar refractivity (Wildman–Crippen MR) is 115 cm³/mol. The zero-order chi connectivity index (χ0) is 23.0. The van der Waals surface area contributed by atoms with Crippen molar-refractivity contribution in [2.75, 3.05) is 6.54 Å². The van der Waals surface area contributed by atoms with E-state index >= 15 is 0 Å². The average Bonchev–Trinajstić information content (AvgIpc) is 3.27. The summed E-state index contributed by atoms with van der Waals surface area (Å²) in [5.41, 5.74) is 1.39. The number of nitrogens with one attached hydrogen (secondary N) is 1. The van der Waals surface area contributed by atoms with Gasteiger partial charge in [0.2, 0.25) is 0 Å². The van der Waals surface area contributed by atoms with Gasteiger partial charge >= 0.3 is 6.18 Å². The molecule has 0 unspecified atom stereocenters. The van der Waals surface area contributed by atoms with E-state index in [1.54, 1.807) is 0 Å². The molecule has 0 aliphatic heterocycles. The van der Waals surface area contributed by atoms with Gasteiger partial charge in [-0.05, 0) is 38.8 Å². The highest BCUT2D eigenvalue weighted by Gasteiger charge is 2.35. The van der Waals surface area contributed by atoms with Gasteiger partial charge in [-0.3, -0.25) is 9.20 Å². The Kier molecular flexibility index (Phi) is 6.20. The molecular formula is C22H25ClF3N5O. The van der Waals surface area contributed by atoms with Gasteiger partial charge in [0.1, 0.15) is 11.4 Å². The topological polar surface area (TPSA) is 64.2 Å². The Hall–Kier alpha value is -2.55. The number of aryl methyl sites for hydroxylation is 1. The molecule has 1 saturated carbocycles. The third-order valence-corrected chi connectivity index (χ3v) is 6.36. The van der Waals surface area contributed by atoms with Crippen molar-refractivity contribution in [3.05, 3.63) is 51.7 Å². The zero-order valence-corrected chi connectivity index (χ0v) is 18.7. The summed E-state index contributed by atoms with van der Waals surface area (Å²) < 4.78 is 43.3. The van der Waals surface area contributed by atoms with Crippen molar-refractivity contribution in [1.29, 1.82) is 0 Å². The molecule has 1 fully saturated rings. The maximum atomic E-state index is 13.3. The van der Waals surface area contributed by atoms with Gasteiger partial charge in [-0.15, -0.1) is 10.2 Å². The number of hydrogen-bond donors (Lipinski definition) is 1. The van der Waals surface area contributed by atoms with Crippen molar-refractivity contribution < 1.29 is 18.0 Å². The standard InChI is InChI=1S/C22H25ClF3N5O/c1-13-10-17(14(2)31(13)16-6-4-3-5-7-16)21(32)27-9-8-19-28-29-20-18(22(24,25)26)11-15(23)12-30(19)20/h10-12,16H,3-9H2,1-2H3,(H,27,32). The van der Waals surface area contributed by atoms with Crippen molar-refractivity contribution in [3.8, 4) is 0 Å². The smallest absolute Gasteiger partial charge is 0.352 e. The van der Waals surface area contributed by atoms with Gasteiger partial charge in [-0.25, -0.2) is 0 Å². The van der Waals surface area contributed by atoms with Crippen LogP contribution in [0, 0.1) is 13.8 Å². The highest BCUT2D eigenvalue weighted by atomic mass is 35.5. The first-order chi connectivity index (χ1) is 15.2. The summed E-state index contributed by atoms with van der Waals surface area (Å²) in [6, 6.07) is 3.17. The van der Waals surface area contributed by atoms with E-state index in [1.807, 2.05) is 19.9 Å². The Bertz CT molecular complexity index is 1140. The van der Waals surface area contributed by atoms with Crippen LogP contribution in [0.1, 0.15) is 71.3 Å². The molecule has 0 atom stereocenters. The molecule has 1 N–H and O–H groups in total. The van der Waals surface area contributed by atoms with Gasteiger partial charge in [0.25, 0.3) is 5.91 Å². The minimum atomic E-state index is -4.59. The lowest BCUT2D eigenvalue weighted by molar-refractivity contribution is -0.136. The lowest BCUT2D eigenvalue weighted by atomic mass is 9.95. The van der Waals surface area contributed by atoms with Crippen LogP contribution in [0.2, 0.25) is 5.02 Å². The van der Waals surface area contributed by atoms with Gasteiger partial charge in [-0.1, -0.05) is 30.9 Å². The lowest BCUT2D eigenvalue weighted by Gasteiger charge is -2.26. The number of carbonyl (C=O) groups excluding carboxylic acids is 1. The number of carbonyl (C=O) groups is 1. The molecule has 0 aromatic carbocycles. The summed E-state index contributed by atoms with van der Waals surface area (Å²) in [7, 11) is 0. The Morgan fingerprint density at radius 3 is 2.59 bits per heavy atom. The van der Waals surface area contributed by atoms with Crippen LogP contribution in [0.25, 0.3) is 5.65 Å². The van der Waals surface area contributed by atoms with Crippen LogP contribution in [0.4, 0.5) is 13.2 Å². The molecule has 1 aliphatic carbocycles. The van der Waals surface area contributed by atoms with E-state index in [4.69, 9.17) is 11.6 Å². The van der Waals surface area contributed by atoms with Gasteiger partial charge in [0.05, 0.1) is 10.6 Å². The average molecular weight is 468 g/mol. The van der Waals surface area contributed by atoms with Gasteiger partial charge < -0.3 is 9.88 Å². The Morgan fingerprint density at radius 1 is 1.19 bits per heavy atom. The Labute approximate surface area is 188 Å². The van der Waals surface area contributed by atoms with Crippen molar-refractivity contribution in [2.24, 2.45) is 0 Å². The SMILES string of the molecule is Cc1cc(C(=O)NCCc2nnc3c(C(F)(F)F)cc(Cl)cn23)c(C)n1C1CCCCC1. The molecule has 0 bridgehead atoms. The monoisotopic (exact) mass is 467 g/mol. The second-order valence-electron chi connectivity index (χ2n) is 8.33. The summed E-state index contributed by atoms with van der Waals surface area (Å²) in [6.07, 6.45) is 2.89. The minimum Gasteiger partial charge on any atom is -0.352 e. The number of rotatable bonds is 5. The van der Waals surface area contributed by atoms with E-state index in [2.05, 4.69) is 20.1 Å². The molecule has 32 heavy (non-hydrogen) atoms. The molecule has 10 heteroatoms. The minimum absolute atomic E-state index is 0.0648. The number of nitrogens with zero attached hydrogens (tertiary/aromatic N) is 4. The highest BCUT2D eigenvalue weighted by Crippen LogP contribution is 2.34. The summed E-state index contributed by atoms with van der Waals surface area (Å²) in [5.74, 6) is 0.0870. The van der Waals surface area contributed by atoms with Crippen LogP contribution in [0.15, 0.2) is 18.3 Å². The summed E-state index contributed by atoms with van der Waals surface area (Å²) in [6.45, 7) is 4.19. The fourth-order valence-electron chi connectivity index (χ4n) is 4.68. The third-order valence-electron chi connectivity index (χ3n) is 6.15. The maximum Gasteiger partial charge on any atom is 0.420 e. The first-order valence-electron chi connectivity index (χ1n) is 10.7. The second kappa shape index (κ2) is 8.77. The number of fused-ring (bicyclic) bond motifs is 1. The number of pyridine rings is 1. The van der Waals surface area contributed by atoms with Gasteiger partial charge in [0, 0.05) is 36.6 Å². The van der Waals surface area contributed by atoms with Crippen molar-refractivity contribution in [2.45, 2.75) is 64.6 Å². The van der Waals surface area contributed by atoms with Crippen LogP contribution in [-0.4, -0.2) is 31.6 Å². The van der Waals surface area contributed by atoms with Crippen LogP contribution in [0.5, 0.6) is 0 Å². The van der Waals surface area contributed by atoms with E-state index in [9.17, 15) is 18.0 Å². The molecule has 3 heterocycles. The summed E-state index contributed by atoms with van der Waals surface area (Å²) in [5, 5.41) is 10.3. The molecule has 0 spiro atoms. The van der Waals surface area contributed by atoms with Crippen LogP contribution < -0.4 is 5.32 Å². The number of halogens is 4. The lowest BCUT2D eigenvalue weighted by Crippen LogP contribution is -2.27. The first kappa shape index (κ1) is 22.6.